The molecule has 3 amide bonds. The zero-order valence-corrected chi connectivity index (χ0v) is 16.5. The summed E-state index contributed by atoms with van der Waals surface area (Å²) in [5.74, 6) is -2.03. The van der Waals surface area contributed by atoms with Crippen molar-refractivity contribution in [3.8, 4) is 5.75 Å². The van der Waals surface area contributed by atoms with Crippen LogP contribution in [-0.4, -0.2) is 36.3 Å². The summed E-state index contributed by atoms with van der Waals surface area (Å²) in [6.45, 7) is 5.27. The number of nitrogens with one attached hydrogen (secondary N) is 2. The number of ketones is 1. The Kier molecular flexibility index (Phi) is 8.30. The Balaban J connectivity index is 2.74. The molecule has 0 aliphatic rings. The number of methoxy groups -OCH3 is 1. The van der Waals surface area contributed by atoms with E-state index in [-0.39, 0.29) is 36.7 Å². The molecule has 0 heterocycles. The predicted molar refractivity (Wildman–Crippen MR) is 105 cm³/mol. The summed E-state index contributed by atoms with van der Waals surface area (Å²) in [6, 6.07) is 6.82. The SMILES string of the molecule is COc1ccc(NC(=O)CCC(CC(=O)C(C)(C)C)=NNC(=O)C(N)=O)cc1. The fourth-order valence-corrected chi connectivity index (χ4v) is 1.97. The van der Waals surface area contributed by atoms with E-state index in [1.54, 1.807) is 52.1 Å². The highest BCUT2D eigenvalue weighted by atomic mass is 16.5. The number of hydrogen-bond donors (Lipinski definition) is 3. The standard InChI is InChI=1S/C19H26N4O5/c1-19(2,3)15(24)11-13(22-23-18(27)17(20)26)7-10-16(25)21-12-5-8-14(28-4)9-6-12/h5-6,8-9H,7,10-11H2,1-4H3,(H2,20,26)(H,21,25)(H,23,27). The second-order valence-electron chi connectivity index (χ2n) is 7.11. The monoisotopic (exact) mass is 390 g/mol. The van der Waals surface area contributed by atoms with E-state index in [9.17, 15) is 19.2 Å². The van der Waals surface area contributed by atoms with Gasteiger partial charge in [-0.3, -0.25) is 19.2 Å². The van der Waals surface area contributed by atoms with Crippen LogP contribution in [0.25, 0.3) is 0 Å². The lowest BCUT2D eigenvalue weighted by atomic mass is 9.87. The highest BCUT2D eigenvalue weighted by Crippen LogP contribution is 2.18. The molecule has 1 aromatic rings. The van der Waals surface area contributed by atoms with Crippen LogP contribution in [0, 0.1) is 5.41 Å². The van der Waals surface area contributed by atoms with Crippen LogP contribution in [0.5, 0.6) is 5.75 Å². The Morgan fingerprint density at radius 1 is 1.07 bits per heavy atom. The smallest absolute Gasteiger partial charge is 0.329 e. The molecule has 0 fully saturated rings. The van der Waals surface area contributed by atoms with Crippen LogP contribution in [0.15, 0.2) is 29.4 Å². The Morgan fingerprint density at radius 2 is 1.68 bits per heavy atom. The van der Waals surface area contributed by atoms with Gasteiger partial charge < -0.3 is 15.8 Å². The van der Waals surface area contributed by atoms with Gasteiger partial charge in [-0.2, -0.15) is 5.10 Å². The summed E-state index contributed by atoms with van der Waals surface area (Å²) >= 11 is 0. The lowest BCUT2D eigenvalue weighted by molar-refractivity contribution is -0.137. The molecule has 28 heavy (non-hydrogen) atoms. The number of carbonyl (C=O) groups is 4. The van der Waals surface area contributed by atoms with Crippen molar-refractivity contribution < 1.29 is 23.9 Å². The molecule has 1 aromatic carbocycles. The second-order valence-corrected chi connectivity index (χ2v) is 7.11. The molecule has 0 spiro atoms. The molecule has 0 aliphatic heterocycles. The van der Waals surface area contributed by atoms with Crippen molar-refractivity contribution in [3.63, 3.8) is 0 Å². The maximum absolute atomic E-state index is 12.3. The topological polar surface area (TPSA) is 140 Å². The molecule has 0 saturated carbocycles. The summed E-state index contributed by atoms with van der Waals surface area (Å²) in [7, 11) is 1.55. The van der Waals surface area contributed by atoms with E-state index in [1.807, 2.05) is 5.43 Å². The van der Waals surface area contributed by atoms with Gasteiger partial charge in [-0.1, -0.05) is 20.8 Å². The average Bonchev–Trinajstić information content (AvgIpc) is 2.63. The average molecular weight is 390 g/mol. The van der Waals surface area contributed by atoms with Crippen molar-refractivity contribution in [1.29, 1.82) is 0 Å². The molecule has 0 aliphatic carbocycles. The number of nitrogens with two attached hydrogens (primary N) is 1. The molecule has 0 bridgehead atoms. The number of Topliss-reactive ketones (excluding diaryl/α,β-unsaturated/α-hetero) is 1. The summed E-state index contributed by atoms with van der Waals surface area (Å²) < 4.78 is 5.05. The lowest BCUT2D eigenvalue weighted by Gasteiger charge is -2.17. The highest BCUT2D eigenvalue weighted by Gasteiger charge is 2.23. The maximum atomic E-state index is 12.3. The number of hydrogen-bond acceptors (Lipinski definition) is 6. The number of rotatable bonds is 8. The predicted octanol–water partition coefficient (Wildman–Crippen LogP) is 1.38. The molecule has 0 aromatic heterocycles. The second kappa shape index (κ2) is 10.2. The molecule has 0 atom stereocenters. The summed E-state index contributed by atoms with van der Waals surface area (Å²) in [6.07, 6.45) is 0.107. The van der Waals surface area contributed by atoms with E-state index >= 15 is 0 Å². The summed E-state index contributed by atoms with van der Waals surface area (Å²) in [4.78, 5) is 46.5. The first-order valence-corrected chi connectivity index (χ1v) is 8.65. The van der Waals surface area contributed by atoms with Crippen molar-refractivity contribution in [3.05, 3.63) is 24.3 Å². The molecule has 0 unspecified atom stereocenters. The fourth-order valence-electron chi connectivity index (χ4n) is 1.97. The van der Waals surface area contributed by atoms with Crippen LogP contribution in [0.4, 0.5) is 5.69 Å². The minimum Gasteiger partial charge on any atom is -0.497 e. The number of nitrogens with zero attached hydrogens (tertiary/aromatic N) is 1. The first-order chi connectivity index (χ1) is 13.0. The van der Waals surface area contributed by atoms with Gasteiger partial charge in [-0.05, 0) is 30.7 Å². The lowest BCUT2D eigenvalue weighted by Crippen LogP contribution is -2.34. The molecule has 0 radical (unpaired) electrons. The zero-order chi connectivity index (χ0) is 21.3. The van der Waals surface area contributed by atoms with E-state index in [2.05, 4.69) is 10.4 Å². The fraction of sp³-hybridized carbons (Fsp3) is 0.421. The van der Waals surface area contributed by atoms with Crippen LogP contribution in [0.1, 0.15) is 40.0 Å². The largest absolute Gasteiger partial charge is 0.497 e. The van der Waals surface area contributed by atoms with Gasteiger partial charge in [-0.25, -0.2) is 5.43 Å². The van der Waals surface area contributed by atoms with E-state index in [0.29, 0.717) is 11.4 Å². The Labute approximate surface area is 163 Å². The molecule has 9 heteroatoms. The third-order valence-electron chi connectivity index (χ3n) is 3.75. The molecule has 9 nitrogen and oxygen atoms in total. The highest BCUT2D eigenvalue weighted by molar-refractivity contribution is 6.34. The third-order valence-corrected chi connectivity index (χ3v) is 3.75. The molecule has 152 valence electrons. The van der Waals surface area contributed by atoms with Gasteiger partial charge in [-0.15, -0.1) is 0 Å². The Morgan fingerprint density at radius 3 is 2.18 bits per heavy atom. The van der Waals surface area contributed by atoms with E-state index < -0.39 is 17.2 Å². The number of amides is 3. The minimum absolute atomic E-state index is 0.0364. The van der Waals surface area contributed by atoms with Gasteiger partial charge in [0.15, 0.2) is 0 Å². The quantitative estimate of drug-likeness (QED) is 0.349. The molecule has 4 N–H and O–H groups in total. The van der Waals surface area contributed by atoms with Gasteiger partial charge in [0.05, 0.1) is 7.11 Å². The van der Waals surface area contributed by atoms with Crippen LogP contribution in [0.2, 0.25) is 0 Å². The van der Waals surface area contributed by atoms with Crippen molar-refractivity contribution in [2.45, 2.75) is 40.0 Å². The number of hydrazone groups is 1. The first-order valence-electron chi connectivity index (χ1n) is 8.65. The molecular formula is C19H26N4O5. The third kappa shape index (κ3) is 7.98. The normalized spacial score (nSPS) is 11.5. The Hall–Kier alpha value is -3.23. The number of carbonyl (C=O) groups excluding carboxylic acids is 4. The molecule has 0 saturated heterocycles. The van der Waals surface area contributed by atoms with Crippen molar-refractivity contribution in [2.24, 2.45) is 16.3 Å². The number of benzene rings is 1. The summed E-state index contributed by atoms with van der Waals surface area (Å²) in [5, 5.41) is 6.52. The number of anilines is 1. The van der Waals surface area contributed by atoms with Gasteiger partial charge >= 0.3 is 11.8 Å². The van der Waals surface area contributed by atoms with E-state index in [0.717, 1.165) is 0 Å². The van der Waals surface area contributed by atoms with Gasteiger partial charge in [0.25, 0.3) is 0 Å². The van der Waals surface area contributed by atoms with Crippen molar-refractivity contribution in [1.82, 2.24) is 5.43 Å². The Bertz CT molecular complexity index is 764. The number of ether oxygens (including phenoxy) is 1. The van der Waals surface area contributed by atoms with Gasteiger partial charge in [0, 0.05) is 29.7 Å². The van der Waals surface area contributed by atoms with Crippen LogP contribution in [0.3, 0.4) is 0 Å². The maximum Gasteiger partial charge on any atom is 0.329 e. The minimum atomic E-state index is -1.19. The molecule has 1 rings (SSSR count). The summed E-state index contributed by atoms with van der Waals surface area (Å²) in [5.41, 5.74) is 7.12. The van der Waals surface area contributed by atoms with Gasteiger partial charge in [0.1, 0.15) is 11.5 Å². The van der Waals surface area contributed by atoms with Crippen LogP contribution in [-0.2, 0) is 19.2 Å². The van der Waals surface area contributed by atoms with Crippen LogP contribution >= 0.6 is 0 Å². The zero-order valence-electron chi connectivity index (χ0n) is 16.5. The first kappa shape index (κ1) is 22.8. The van der Waals surface area contributed by atoms with Crippen LogP contribution < -0.4 is 21.2 Å². The number of primary amides is 1. The van der Waals surface area contributed by atoms with E-state index in [1.165, 1.54) is 0 Å². The van der Waals surface area contributed by atoms with Crippen molar-refractivity contribution in [2.75, 3.05) is 12.4 Å². The van der Waals surface area contributed by atoms with E-state index in [4.69, 9.17) is 10.5 Å². The van der Waals surface area contributed by atoms with Crippen molar-refractivity contribution >= 4 is 34.9 Å². The van der Waals surface area contributed by atoms with Gasteiger partial charge in [0.2, 0.25) is 5.91 Å². The molecular weight excluding hydrogens is 364 g/mol.